The van der Waals surface area contributed by atoms with E-state index < -0.39 is 5.60 Å². The molecule has 2 atom stereocenters. The van der Waals surface area contributed by atoms with Gasteiger partial charge in [0.05, 0.1) is 5.60 Å². The van der Waals surface area contributed by atoms with Crippen LogP contribution in [-0.2, 0) is 0 Å². The molecular weight excluding hydrogens is 266 g/mol. The molecule has 1 aliphatic carbocycles. The zero-order valence-electron chi connectivity index (χ0n) is 12.5. The molecule has 0 radical (unpaired) electrons. The molecule has 1 aromatic rings. The third-order valence-corrected chi connectivity index (χ3v) is 5.00. The predicted octanol–water partition coefficient (Wildman–Crippen LogP) is 1.57. The summed E-state index contributed by atoms with van der Waals surface area (Å²) in [6.07, 6.45) is 6.88. The first-order valence-electron chi connectivity index (χ1n) is 7.78. The van der Waals surface area contributed by atoms with Crippen LogP contribution < -0.4 is 10.2 Å². The van der Waals surface area contributed by atoms with Crippen molar-refractivity contribution in [3.8, 4) is 0 Å². The Labute approximate surface area is 125 Å². The van der Waals surface area contributed by atoms with Crippen LogP contribution in [0.3, 0.4) is 0 Å². The Hall–Kier alpha value is -1.62. The fourth-order valence-corrected chi connectivity index (χ4v) is 3.67. The summed E-state index contributed by atoms with van der Waals surface area (Å²) in [7, 11) is 1.61. The molecule has 5 heteroatoms. The Bertz CT molecular complexity index is 534. The number of piperidine rings is 1. The SMILES string of the molecule is CNC(=O)c1cc(N2CCC3(O)CCCCC3C2)ccn1. The number of hydrogen-bond acceptors (Lipinski definition) is 4. The van der Waals surface area contributed by atoms with Crippen LogP contribution in [0, 0.1) is 5.92 Å². The van der Waals surface area contributed by atoms with E-state index in [9.17, 15) is 9.90 Å². The number of amides is 1. The molecule has 5 nitrogen and oxygen atoms in total. The molecule has 21 heavy (non-hydrogen) atoms. The molecular formula is C16H23N3O2. The number of rotatable bonds is 2. The summed E-state index contributed by atoms with van der Waals surface area (Å²) in [5.41, 5.74) is 1.00. The van der Waals surface area contributed by atoms with E-state index in [-0.39, 0.29) is 5.91 Å². The average molecular weight is 289 g/mol. The summed E-state index contributed by atoms with van der Waals surface area (Å²) < 4.78 is 0. The van der Waals surface area contributed by atoms with Gasteiger partial charge in [0, 0.05) is 37.9 Å². The van der Waals surface area contributed by atoms with Crippen LogP contribution in [-0.4, -0.2) is 41.7 Å². The minimum Gasteiger partial charge on any atom is -0.389 e. The highest BCUT2D eigenvalue weighted by Gasteiger charge is 2.42. The third kappa shape index (κ3) is 2.75. The van der Waals surface area contributed by atoms with Gasteiger partial charge in [-0.15, -0.1) is 0 Å². The van der Waals surface area contributed by atoms with Crippen LogP contribution in [0.15, 0.2) is 18.3 Å². The first-order valence-corrected chi connectivity index (χ1v) is 7.78. The number of hydrogen-bond donors (Lipinski definition) is 2. The van der Waals surface area contributed by atoms with E-state index >= 15 is 0 Å². The van der Waals surface area contributed by atoms with Gasteiger partial charge in [-0.05, 0) is 31.4 Å². The van der Waals surface area contributed by atoms with Crippen molar-refractivity contribution in [2.24, 2.45) is 5.92 Å². The topological polar surface area (TPSA) is 65.5 Å². The average Bonchev–Trinajstić information content (AvgIpc) is 2.53. The minimum absolute atomic E-state index is 0.164. The highest BCUT2D eigenvalue weighted by Crippen LogP contribution is 2.40. The van der Waals surface area contributed by atoms with Crippen molar-refractivity contribution in [1.29, 1.82) is 0 Å². The van der Waals surface area contributed by atoms with Gasteiger partial charge in [-0.2, -0.15) is 0 Å². The molecule has 114 valence electrons. The van der Waals surface area contributed by atoms with Crippen LogP contribution in [0.1, 0.15) is 42.6 Å². The number of carbonyl (C=O) groups excluding carboxylic acids is 1. The number of carbonyl (C=O) groups is 1. The normalized spacial score (nSPS) is 28.9. The van der Waals surface area contributed by atoms with Crippen LogP contribution in [0.2, 0.25) is 0 Å². The van der Waals surface area contributed by atoms with Gasteiger partial charge in [0.15, 0.2) is 0 Å². The molecule has 2 fully saturated rings. The molecule has 1 amide bonds. The van der Waals surface area contributed by atoms with E-state index in [4.69, 9.17) is 0 Å². The fraction of sp³-hybridized carbons (Fsp3) is 0.625. The van der Waals surface area contributed by atoms with Gasteiger partial charge >= 0.3 is 0 Å². The first-order chi connectivity index (χ1) is 10.1. The van der Waals surface area contributed by atoms with E-state index in [1.54, 1.807) is 13.2 Å². The second kappa shape index (κ2) is 5.64. The smallest absolute Gasteiger partial charge is 0.269 e. The molecule has 1 saturated carbocycles. The number of anilines is 1. The van der Waals surface area contributed by atoms with Crippen LogP contribution >= 0.6 is 0 Å². The van der Waals surface area contributed by atoms with Gasteiger partial charge in [0.2, 0.25) is 0 Å². The fourth-order valence-electron chi connectivity index (χ4n) is 3.67. The van der Waals surface area contributed by atoms with Gasteiger partial charge in [0.1, 0.15) is 5.69 Å². The van der Waals surface area contributed by atoms with Gasteiger partial charge < -0.3 is 15.3 Å². The van der Waals surface area contributed by atoms with E-state index in [0.717, 1.165) is 44.5 Å². The monoisotopic (exact) mass is 289 g/mol. The maximum atomic E-state index is 11.7. The molecule has 1 aromatic heterocycles. The molecule has 1 saturated heterocycles. The zero-order valence-corrected chi connectivity index (χ0v) is 12.5. The molecule has 0 aromatic carbocycles. The van der Waals surface area contributed by atoms with E-state index in [1.807, 2.05) is 12.1 Å². The molecule has 3 rings (SSSR count). The summed E-state index contributed by atoms with van der Waals surface area (Å²) in [4.78, 5) is 18.1. The Kier molecular flexibility index (Phi) is 3.85. The Balaban J connectivity index is 1.77. The lowest BCUT2D eigenvalue weighted by Crippen LogP contribution is -2.53. The van der Waals surface area contributed by atoms with Crippen molar-refractivity contribution >= 4 is 11.6 Å². The number of nitrogens with one attached hydrogen (secondary N) is 1. The van der Waals surface area contributed by atoms with Crippen molar-refractivity contribution in [1.82, 2.24) is 10.3 Å². The number of nitrogens with zero attached hydrogens (tertiary/aromatic N) is 2. The van der Waals surface area contributed by atoms with Crippen LogP contribution in [0.25, 0.3) is 0 Å². The molecule has 0 spiro atoms. The summed E-state index contributed by atoms with van der Waals surface area (Å²) >= 11 is 0. The maximum absolute atomic E-state index is 11.7. The zero-order chi connectivity index (χ0) is 14.9. The van der Waals surface area contributed by atoms with Gasteiger partial charge in [0.25, 0.3) is 5.91 Å². The minimum atomic E-state index is -0.467. The number of pyridine rings is 1. The van der Waals surface area contributed by atoms with Crippen molar-refractivity contribution in [3.05, 3.63) is 24.0 Å². The quantitative estimate of drug-likeness (QED) is 0.867. The summed E-state index contributed by atoms with van der Waals surface area (Å²) in [6.45, 7) is 1.71. The lowest BCUT2D eigenvalue weighted by molar-refractivity contribution is -0.0612. The first kappa shape index (κ1) is 14.3. The molecule has 2 N–H and O–H groups in total. The summed E-state index contributed by atoms with van der Waals surface area (Å²) in [5, 5.41) is 13.3. The molecule has 2 unspecified atom stereocenters. The number of aromatic nitrogens is 1. The van der Waals surface area contributed by atoms with Gasteiger partial charge in [-0.1, -0.05) is 12.8 Å². The van der Waals surface area contributed by atoms with Crippen molar-refractivity contribution in [2.45, 2.75) is 37.7 Å². The third-order valence-electron chi connectivity index (χ3n) is 5.00. The van der Waals surface area contributed by atoms with Crippen molar-refractivity contribution < 1.29 is 9.90 Å². The number of fused-ring (bicyclic) bond motifs is 1. The van der Waals surface area contributed by atoms with E-state index in [2.05, 4.69) is 15.2 Å². The lowest BCUT2D eigenvalue weighted by Gasteiger charge is -2.48. The second-order valence-electron chi connectivity index (χ2n) is 6.22. The van der Waals surface area contributed by atoms with Crippen molar-refractivity contribution in [3.63, 3.8) is 0 Å². The molecule has 0 bridgehead atoms. The standard InChI is InChI=1S/C16H23N3O2/c1-17-15(20)14-10-13(5-8-18-14)19-9-7-16(21)6-3-2-4-12(16)11-19/h5,8,10,12,21H,2-4,6-7,9,11H2,1H3,(H,17,20). The molecule has 1 aliphatic heterocycles. The lowest BCUT2D eigenvalue weighted by atomic mass is 9.71. The second-order valence-corrected chi connectivity index (χ2v) is 6.22. The molecule has 2 aliphatic rings. The Morgan fingerprint density at radius 1 is 1.48 bits per heavy atom. The maximum Gasteiger partial charge on any atom is 0.269 e. The van der Waals surface area contributed by atoms with Gasteiger partial charge in [-0.25, -0.2) is 0 Å². The van der Waals surface area contributed by atoms with E-state index in [0.29, 0.717) is 11.6 Å². The Morgan fingerprint density at radius 3 is 3.14 bits per heavy atom. The van der Waals surface area contributed by atoms with Crippen LogP contribution in [0.5, 0.6) is 0 Å². The Morgan fingerprint density at radius 2 is 2.33 bits per heavy atom. The number of aliphatic hydroxyl groups is 1. The summed E-state index contributed by atoms with van der Waals surface area (Å²) in [6, 6.07) is 3.78. The van der Waals surface area contributed by atoms with Gasteiger partial charge in [-0.3, -0.25) is 9.78 Å². The van der Waals surface area contributed by atoms with E-state index in [1.165, 1.54) is 6.42 Å². The highest BCUT2D eigenvalue weighted by atomic mass is 16.3. The largest absolute Gasteiger partial charge is 0.389 e. The molecule has 2 heterocycles. The predicted molar refractivity (Wildman–Crippen MR) is 81.4 cm³/mol. The summed E-state index contributed by atoms with van der Waals surface area (Å²) in [5.74, 6) is 0.180. The van der Waals surface area contributed by atoms with Crippen molar-refractivity contribution in [2.75, 3.05) is 25.0 Å². The highest BCUT2D eigenvalue weighted by molar-refractivity contribution is 5.92. The van der Waals surface area contributed by atoms with Crippen LogP contribution in [0.4, 0.5) is 5.69 Å².